The number of H-pyrrole nitrogens is 1. The number of aromatic nitrogens is 2. The maximum absolute atomic E-state index is 11.9. The molecule has 1 aromatic heterocycles. The summed E-state index contributed by atoms with van der Waals surface area (Å²) in [6.07, 6.45) is 6.04. The van der Waals surface area contributed by atoms with Crippen LogP contribution in [-0.4, -0.2) is 29.2 Å². The monoisotopic (exact) mass is 249 g/mol. The fourth-order valence-electron chi connectivity index (χ4n) is 2.25. The molecule has 2 heterocycles. The van der Waals surface area contributed by atoms with Crippen LogP contribution in [0.5, 0.6) is 0 Å². The number of hydrogen-bond acceptors (Lipinski definition) is 4. The zero-order valence-corrected chi connectivity index (χ0v) is 10.4. The van der Waals surface area contributed by atoms with Crippen molar-refractivity contribution < 1.29 is 4.74 Å². The van der Waals surface area contributed by atoms with Crippen molar-refractivity contribution in [3.63, 3.8) is 0 Å². The summed E-state index contributed by atoms with van der Waals surface area (Å²) in [5, 5.41) is 3.33. The standard InChI is InChI=1S/C13H19N3O2/c17-13-10(6-14-11-1-2-11)7-15-12(16-13)5-9-3-4-18-8-9/h7,9,11,14H,1-6,8H2,(H,15,16,17). The molecule has 5 nitrogen and oxygen atoms in total. The van der Waals surface area contributed by atoms with E-state index in [2.05, 4.69) is 15.3 Å². The van der Waals surface area contributed by atoms with Gasteiger partial charge in [-0.25, -0.2) is 4.98 Å². The highest BCUT2D eigenvalue weighted by atomic mass is 16.5. The lowest BCUT2D eigenvalue weighted by Gasteiger charge is -2.07. The van der Waals surface area contributed by atoms with Crippen LogP contribution in [0.15, 0.2) is 11.0 Å². The lowest BCUT2D eigenvalue weighted by Crippen LogP contribution is -2.24. The second-order valence-electron chi connectivity index (χ2n) is 5.27. The van der Waals surface area contributed by atoms with E-state index in [1.54, 1.807) is 6.20 Å². The second-order valence-corrected chi connectivity index (χ2v) is 5.27. The van der Waals surface area contributed by atoms with E-state index >= 15 is 0 Å². The highest BCUT2D eigenvalue weighted by Crippen LogP contribution is 2.19. The van der Waals surface area contributed by atoms with Gasteiger partial charge in [0, 0.05) is 44.0 Å². The first-order valence-electron chi connectivity index (χ1n) is 6.69. The molecule has 0 aromatic carbocycles. The molecule has 3 rings (SSSR count). The maximum atomic E-state index is 11.9. The topological polar surface area (TPSA) is 67.0 Å². The van der Waals surface area contributed by atoms with Crippen molar-refractivity contribution in [2.45, 2.75) is 38.3 Å². The van der Waals surface area contributed by atoms with Crippen LogP contribution in [0, 0.1) is 5.92 Å². The molecule has 1 unspecified atom stereocenters. The smallest absolute Gasteiger partial charge is 0.255 e. The van der Waals surface area contributed by atoms with Gasteiger partial charge in [0.1, 0.15) is 5.82 Å². The fourth-order valence-corrected chi connectivity index (χ4v) is 2.25. The molecule has 0 spiro atoms. The third-order valence-electron chi connectivity index (χ3n) is 3.59. The minimum atomic E-state index is -0.00735. The first-order chi connectivity index (χ1) is 8.81. The van der Waals surface area contributed by atoms with Crippen molar-refractivity contribution in [1.29, 1.82) is 0 Å². The molecule has 2 aliphatic rings. The molecule has 1 aliphatic heterocycles. The number of ether oxygens (including phenoxy) is 1. The van der Waals surface area contributed by atoms with E-state index in [0.29, 0.717) is 18.5 Å². The van der Waals surface area contributed by atoms with Crippen LogP contribution >= 0.6 is 0 Å². The molecule has 1 aliphatic carbocycles. The van der Waals surface area contributed by atoms with Gasteiger partial charge < -0.3 is 15.0 Å². The second kappa shape index (κ2) is 5.20. The van der Waals surface area contributed by atoms with Crippen LogP contribution in [-0.2, 0) is 17.7 Å². The van der Waals surface area contributed by atoms with Crippen molar-refractivity contribution in [2.75, 3.05) is 13.2 Å². The van der Waals surface area contributed by atoms with Gasteiger partial charge in [0.2, 0.25) is 0 Å². The third-order valence-corrected chi connectivity index (χ3v) is 3.59. The summed E-state index contributed by atoms with van der Waals surface area (Å²) in [6.45, 7) is 2.24. The predicted molar refractivity (Wildman–Crippen MR) is 67.3 cm³/mol. The highest BCUT2D eigenvalue weighted by molar-refractivity contribution is 5.07. The van der Waals surface area contributed by atoms with Crippen LogP contribution in [0.3, 0.4) is 0 Å². The molecule has 2 fully saturated rings. The zero-order chi connectivity index (χ0) is 12.4. The molecule has 0 bridgehead atoms. The maximum Gasteiger partial charge on any atom is 0.255 e. The number of rotatable bonds is 5. The number of aromatic amines is 1. The van der Waals surface area contributed by atoms with E-state index in [1.807, 2.05) is 0 Å². The van der Waals surface area contributed by atoms with E-state index in [-0.39, 0.29) is 5.56 Å². The Morgan fingerprint density at radius 3 is 3.00 bits per heavy atom. The van der Waals surface area contributed by atoms with Crippen molar-refractivity contribution >= 4 is 0 Å². The summed E-state index contributed by atoms with van der Waals surface area (Å²) in [4.78, 5) is 19.1. The molecule has 0 radical (unpaired) electrons. The molecule has 1 atom stereocenters. The van der Waals surface area contributed by atoms with E-state index in [0.717, 1.165) is 37.4 Å². The Morgan fingerprint density at radius 2 is 2.33 bits per heavy atom. The van der Waals surface area contributed by atoms with Gasteiger partial charge in [-0.2, -0.15) is 0 Å². The first kappa shape index (κ1) is 11.9. The van der Waals surface area contributed by atoms with Crippen LogP contribution in [0.25, 0.3) is 0 Å². The van der Waals surface area contributed by atoms with E-state index in [9.17, 15) is 4.79 Å². The molecule has 98 valence electrons. The van der Waals surface area contributed by atoms with E-state index in [4.69, 9.17) is 4.74 Å². The lowest BCUT2D eigenvalue weighted by atomic mass is 10.0. The molecule has 18 heavy (non-hydrogen) atoms. The number of hydrogen-bond donors (Lipinski definition) is 2. The van der Waals surface area contributed by atoms with Crippen LogP contribution in [0.2, 0.25) is 0 Å². The summed E-state index contributed by atoms with van der Waals surface area (Å²) < 4.78 is 5.33. The van der Waals surface area contributed by atoms with Gasteiger partial charge in [-0.15, -0.1) is 0 Å². The minimum Gasteiger partial charge on any atom is -0.381 e. The van der Waals surface area contributed by atoms with Crippen LogP contribution in [0.1, 0.15) is 30.7 Å². The summed E-state index contributed by atoms with van der Waals surface area (Å²) in [5.41, 5.74) is 0.723. The molecule has 1 saturated heterocycles. The molecule has 1 aromatic rings. The fraction of sp³-hybridized carbons (Fsp3) is 0.692. The van der Waals surface area contributed by atoms with Gasteiger partial charge in [0.25, 0.3) is 5.56 Å². The number of nitrogens with one attached hydrogen (secondary N) is 2. The minimum absolute atomic E-state index is 0.00735. The summed E-state index contributed by atoms with van der Waals surface area (Å²) in [7, 11) is 0. The lowest BCUT2D eigenvalue weighted by molar-refractivity contribution is 0.185. The molecule has 5 heteroatoms. The normalized spacial score (nSPS) is 23.4. The molecule has 2 N–H and O–H groups in total. The Kier molecular flexibility index (Phi) is 3.43. The molecule has 0 amide bonds. The zero-order valence-electron chi connectivity index (χ0n) is 10.4. The van der Waals surface area contributed by atoms with Crippen LogP contribution < -0.4 is 10.9 Å². The van der Waals surface area contributed by atoms with Gasteiger partial charge in [-0.1, -0.05) is 0 Å². The molecule has 1 saturated carbocycles. The van der Waals surface area contributed by atoms with Crippen molar-refractivity contribution in [2.24, 2.45) is 5.92 Å². The van der Waals surface area contributed by atoms with Gasteiger partial charge >= 0.3 is 0 Å². The first-order valence-corrected chi connectivity index (χ1v) is 6.69. The Balaban J connectivity index is 1.61. The Morgan fingerprint density at radius 1 is 1.44 bits per heavy atom. The van der Waals surface area contributed by atoms with Crippen molar-refractivity contribution in [1.82, 2.24) is 15.3 Å². The Bertz CT molecular complexity index is 462. The van der Waals surface area contributed by atoms with E-state index < -0.39 is 0 Å². The Labute approximate surface area is 106 Å². The average molecular weight is 249 g/mol. The van der Waals surface area contributed by atoms with E-state index in [1.165, 1.54) is 12.8 Å². The quantitative estimate of drug-likeness (QED) is 0.802. The summed E-state index contributed by atoms with van der Waals surface area (Å²) >= 11 is 0. The Hall–Kier alpha value is -1.20. The SMILES string of the molecule is O=c1[nH]c(CC2CCOC2)ncc1CNC1CC1. The summed E-state index contributed by atoms with van der Waals surface area (Å²) in [6, 6.07) is 0.611. The predicted octanol–water partition coefficient (Wildman–Crippen LogP) is 0.601. The van der Waals surface area contributed by atoms with Gasteiger partial charge in [-0.05, 0) is 25.2 Å². The van der Waals surface area contributed by atoms with Crippen molar-refractivity contribution in [3.05, 3.63) is 27.9 Å². The van der Waals surface area contributed by atoms with Gasteiger partial charge in [0.05, 0.1) is 0 Å². The van der Waals surface area contributed by atoms with Crippen molar-refractivity contribution in [3.8, 4) is 0 Å². The third kappa shape index (κ3) is 2.97. The van der Waals surface area contributed by atoms with Gasteiger partial charge in [-0.3, -0.25) is 4.79 Å². The average Bonchev–Trinajstić information content (AvgIpc) is 3.05. The number of nitrogens with zero attached hydrogens (tertiary/aromatic N) is 1. The molecular weight excluding hydrogens is 230 g/mol. The highest BCUT2D eigenvalue weighted by Gasteiger charge is 2.21. The largest absolute Gasteiger partial charge is 0.381 e. The molecular formula is C13H19N3O2. The van der Waals surface area contributed by atoms with Crippen LogP contribution in [0.4, 0.5) is 0 Å². The summed E-state index contributed by atoms with van der Waals surface area (Å²) in [5.74, 6) is 1.29. The van der Waals surface area contributed by atoms with Gasteiger partial charge in [0.15, 0.2) is 0 Å².